The Kier molecular flexibility index (Phi) is 7.10. The van der Waals surface area contributed by atoms with Gasteiger partial charge in [0.2, 0.25) is 0 Å². The van der Waals surface area contributed by atoms with Gasteiger partial charge in [0, 0.05) is 38.4 Å². The molecule has 0 bridgehead atoms. The number of rotatable bonds is 6. The van der Waals surface area contributed by atoms with Gasteiger partial charge in [0.25, 0.3) is 0 Å². The minimum absolute atomic E-state index is 0.276. The quantitative estimate of drug-likeness (QED) is 0.181. The summed E-state index contributed by atoms with van der Waals surface area (Å²) in [5.41, 5.74) is 8.02. The van der Waals surface area contributed by atoms with Crippen LogP contribution in [-0.4, -0.2) is 6.21 Å². The molecule has 4 aromatic rings. The number of hydrogen-bond acceptors (Lipinski definition) is 3. The van der Waals surface area contributed by atoms with Crippen molar-refractivity contribution in [1.29, 1.82) is 0 Å². The van der Waals surface area contributed by atoms with Crippen LogP contribution < -0.4 is 10.1 Å². The van der Waals surface area contributed by atoms with Gasteiger partial charge >= 0.3 is 0 Å². The van der Waals surface area contributed by atoms with Crippen LogP contribution in [0, 0.1) is 12.8 Å². The number of anilines is 1. The van der Waals surface area contributed by atoms with Crippen molar-refractivity contribution in [1.82, 2.24) is 0 Å². The fourth-order valence-electron chi connectivity index (χ4n) is 5.48. The second kappa shape index (κ2) is 10.8. The maximum absolute atomic E-state index is 6.30. The minimum Gasteiger partial charge on any atom is -0.488 e. The third kappa shape index (κ3) is 5.16. The molecular formula is C33H28BrClN2O. The highest BCUT2D eigenvalue weighted by molar-refractivity contribution is 9.10. The summed E-state index contributed by atoms with van der Waals surface area (Å²) in [4.78, 5) is 4.76. The molecule has 0 spiro atoms. The van der Waals surface area contributed by atoms with Crippen LogP contribution in [0.15, 0.2) is 107 Å². The normalized spacial score (nSPS) is 19.7. The largest absolute Gasteiger partial charge is 0.488 e. The van der Waals surface area contributed by atoms with Gasteiger partial charge in [-0.3, -0.25) is 4.99 Å². The Hall–Kier alpha value is -3.34. The zero-order chi connectivity index (χ0) is 26.1. The van der Waals surface area contributed by atoms with Crippen molar-refractivity contribution in [2.45, 2.75) is 31.9 Å². The van der Waals surface area contributed by atoms with Gasteiger partial charge in [-0.25, -0.2) is 0 Å². The van der Waals surface area contributed by atoms with E-state index in [1.165, 1.54) is 22.4 Å². The third-order valence-corrected chi connectivity index (χ3v) is 8.30. The number of nitrogens with zero attached hydrogens (tertiary/aromatic N) is 1. The summed E-state index contributed by atoms with van der Waals surface area (Å²) in [5, 5.41) is 4.52. The molecule has 5 heteroatoms. The first kappa shape index (κ1) is 25.0. The lowest BCUT2D eigenvalue weighted by Crippen LogP contribution is -2.29. The Morgan fingerprint density at radius 3 is 2.71 bits per heavy atom. The predicted octanol–water partition coefficient (Wildman–Crippen LogP) is 9.57. The molecule has 4 aromatic carbocycles. The summed E-state index contributed by atoms with van der Waals surface area (Å²) in [7, 11) is 0. The first-order chi connectivity index (χ1) is 18.5. The van der Waals surface area contributed by atoms with Crippen molar-refractivity contribution in [3.63, 3.8) is 0 Å². The van der Waals surface area contributed by atoms with Crippen molar-refractivity contribution in [3.8, 4) is 5.75 Å². The number of halogens is 2. The molecule has 1 aliphatic carbocycles. The molecule has 0 fully saturated rings. The lowest BCUT2D eigenvalue weighted by atomic mass is 9.76. The second-order valence-corrected chi connectivity index (χ2v) is 11.3. The Labute approximate surface area is 237 Å². The van der Waals surface area contributed by atoms with Crippen molar-refractivity contribution >= 4 is 45.1 Å². The number of benzene rings is 4. The molecule has 0 saturated heterocycles. The van der Waals surface area contributed by atoms with Crippen LogP contribution >= 0.6 is 27.5 Å². The van der Waals surface area contributed by atoms with Crippen LogP contribution in [0.5, 0.6) is 5.75 Å². The van der Waals surface area contributed by atoms with Crippen LogP contribution in [0.25, 0.3) is 0 Å². The minimum atomic E-state index is 0.276. The predicted molar refractivity (Wildman–Crippen MR) is 161 cm³/mol. The first-order valence-electron chi connectivity index (χ1n) is 12.9. The monoisotopic (exact) mass is 582 g/mol. The molecule has 190 valence electrons. The van der Waals surface area contributed by atoms with Crippen LogP contribution in [-0.2, 0) is 6.61 Å². The first-order valence-corrected chi connectivity index (χ1v) is 14.1. The molecule has 6 rings (SSSR count). The molecule has 0 radical (unpaired) electrons. The van der Waals surface area contributed by atoms with E-state index >= 15 is 0 Å². The summed E-state index contributed by atoms with van der Waals surface area (Å²) < 4.78 is 7.08. The van der Waals surface area contributed by atoms with Gasteiger partial charge in [0.05, 0.1) is 11.7 Å². The molecule has 1 aliphatic heterocycles. The smallest absolute Gasteiger partial charge is 0.128 e. The van der Waals surface area contributed by atoms with E-state index in [2.05, 4.69) is 82.8 Å². The van der Waals surface area contributed by atoms with Gasteiger partial charge in [-0.2, -0.15) is 0 Å². The summed E-state index contributed by atoms with van der Waals surface area (Å²) in [6.45, 7) is 2.56. The van der Waals surface area contributed by atoms with Gasteiger partial charge < -0.3 is 10.1 Å². The van der Waals surface area contributed by atoms with Crippen LogP contribution in [0.2, 0.25) is 5.02 Å². The van der Waals surface area contributed by atoms with Crippen molar-refractivity contribution in [2.75, 3.05) is 5.32 Å². The van der Waals surface area contributed by atoms with Crippen LogP contribution in [0.4, 0.5) is 11.4 Å². The highest BCUT2D eigenvalue weighted by Crippen LogP contribution is 2.50. The number of nitrogens with one attached hydrogen (secondary N) is 1. The lowest BCUT2D eigenvalue weighted by Gasteiger charge is -2.37. The number of hydrogen-bond donors (Lipinski definition) is 1. The number of aliphatic imine (C=N–C) groups is 1. The molecule has 1 heterocycles. The number of allylic oxidation sites excluding steroid dienone is 2. The van der Waals surface area contributed by atoms with Gasteiger partial charge in [-0.1, -0.05) is 87.7 Å². The molecule has 0 unspecified atom stereocenters. The van der Waals surface area contributed by atoms with Gasteiger partial charge in [0.1, 0.15) is 12.4 Å². The zero-order valence-electron chi connectivity index (χ0n) is 21.1. The van der Waals surface area contributed by atoms with E-state index in [1.54, 1.807) is 0 Å². The van der Waals surface area contributed by atoms with E-state index in [-0.39, 0.29) is 6.04 Å². The zero-order valence-corrected chi connectivity index (χ0v) is 23.4. The number of fused-ring (bicyclic) bond motifs is 3. The lowest BCUT2D eigenvalue weighted by molar-refractivity contribution is 0.306. The summed E-state index contributed by atoms with van der Waals surface area (Å²) in [5.74, 6) is 1.75. The molecule has 1 N–H and O–H groups in total. The van der Waals surface area contributed by atoms with E-state index in [1.807, 2.05) is 48.7 Å². The van der Waals surface area contributed by atoms with E-state index < -0.39 is 0 Å². The molecule has 2 aliphatic rings. The topological polar surface area (TPSA) is 33.6 Å². The SMILES string of the molecule is Cc1ccc2c(c1)[C@@H]1C=CC[C@H]1[C@@H](c1ccc(N=Cc3cc(Br)ccc3OCc3ccccc3Cl)cc1)N2. The second-order valence-electron chi connectivity index (χ2n) is 9.98. The van der Waals surface area contributed by atoms with Crippen LogP contribution in [0.1, 0.15) is 46.2 Å². The fourth-order valence-corrected chi connectivity index (χ4v) is 6.05. The van der Waals surface area contributed by atoms with Gasteiger partial charge in [-0.15, -0.1) is 0 Å². The highest BCUT2D eigenvalue weighted by Gasteiger charge is 2.37. The average molecular weight is 584 g/mol. The maximum Gasteiger partial charge on any atom is 0.128 e. The van der Waals surface area contributed by atoms with Crippen LogP contribution in [0.3, 0.4) is 0 Å². The van der Waals surface area contributed by atoms with E-state index in [0.29, 0.717) is 23.5 Å². The Balaban J connectivity index is 1.20. The Morgan fingerprint density at radius 1 is 1.03 bits per heavy atom. The molecule has 0 amide bonds. The van der Waals surface area contributed by atoms with E-state index in [0.717, 1.165) is 33.5 Å². The Morgan fingerprint density at radius 2 is 1.87 bits per heavy atom. The number of ether oxygens (including phenoxy) is 1. The standard InChI is InChI=1S/C33H28BrClN2O/c1-21-9-15-31-29(17-21)27-6-4-7-28(27)33(37-31)22-10-13-26(14-11-22)36-19-24-18-25(34)12-16-32(24)38-20-23-5-2-3-8-30(23)35/h2-6,8-19,27-28,33,37H,7,20H2,1H3/t27-,28-,33-/m1/s1. The van der Waals surface area contributed by atoms with Crippen molar-refractivity contribution in [3.05, 3.63) is 134 Å². The molecule has 3 atom stereocenters. The van der Waals surface area contributed by atoms with Crippen molar-refractivity contribution < 1.29 is 4.74 Å². The molecule has 38 heavy (non-hydrogen) atoms. The average Bonchev–Trinajstić information content (AvgIpc) is 3.43. The summed E-state index contributed by atoms with van der Waals surface area (Å²) >= 11 is 9.88. The number of aryl methyl sites for hydroxylation is 1. The summed E-state index contributed by atoms with van der Waals surface area (Å²) in [6.07, 6.45) is 7.67. The van der Waals surface area contributed by atoms with Gasteiger partial charge in [-0.05, 0) is 72.9 Å². The van der Waals surface area contributed by atoms with E-state index in [9.17, 15) is 0 Å². The van der Waals surface area contributed by atoms with E-state index in [4.69, 9.17) is 21.3 Å². The summed E-state index contributed by atoms with van der Waals surface area (Å²) in [6, 6.07) is 29.3. The van der Waals surface area contributed by atoms with Gasteiger partial charge in [0.15, 0.2) is 0 Å². The Bertz CT molecular complexity index is 1530. The third-order valence-electron chi connectivity index (χ3n) is 7.44. The highest BCUT2D eigenvalue weighted by atomic mass is 79.9. The molecular weight excluding hydrogens is 556 g/mol. The molecule has 3 nitrogen and oxygen atoms in total. The maximum atomic E-state index is 6.30. The molecule has 0 saturated carbocycles. The van der Waals surface area contributed by atoms with Crippen molar-refractivity contribution in [2.24, 2.45) is 10.9 Å². The molecule has 0 aromatic heterocycles. The fraction of sp³-hybridized carbons (Fsp3) is 0.182.